The van der Waals surface area contributed by atoms with Crippen molar-refractivity contribution in [2.24, 2.45) is 0 Å². The van der Waals surface area contributed by atoms with Gasteiger partial charge in [0.25, 0.3) is 5.91 Å². The van der Waals surface area contributed by atoms with E-state index in [0.29, 0.717) is 18.4 Å². The normalized spacial score (nSPS) is 16.7. The number of ether oxygens (including phenoxy) is 1. The quantitative estimate of drug-likeness (QED) is 0.530. The zero-order valence-corrected chi connectivity index (χ0v) is 16.3. The highest BCUT2D eigenvalue weighted by molar-refractivity contribution is 5.96. The number of esters is 1. The molecule has 1 amide bonds. The Bertz CT molecular complexity index is 919. The molecule has 0 unspecified atom stereocenters. The van der Waals surface area contributed by atoms with Crippen molar-refractivity contribution in [1.82, 2.24) is 0 Å². The second-order valence-electron chi connectivity index (χ2n) is 7.41. The number of benzene rings is 2. The molecule has 4 nitrogen and oxygen atoms in total. The summed E-state index contributed by atoms with van der Waals surface area (Å²) in [6, 6.07) is 9.81. The summed E-state index contributed by atoms with van der Waals surface area (Å²) in [4.78, 5) is 25.4. The van der Waals surface area contributed by atoms with Gasteiger partial charge in [0.1, 0.15) is 5.82 Å². The van der Waals surface area contributed by atoms with Gasteiger partial charge in [0, 0.05) is 5.69 Å². The van der Waals surface area contributed by atoms with Gasteiger partial charge >= 0.3 is 12.1 Å². The standard InChI is InChI=1S/C22H21F4NO3/c1-14(19(28)27-18-6-4-5-16(13-18)22(24,25)26)30-20(29)21(11-2-3-12-21)15-7-9-17(23)10-8-15/h4-10,13-14H,2-3,11-12H2,1H3,(H,27,28)/t14-/m1/s1. The summed E-state index contributed by atoms with van der Waals surface area (Å²) in [7, 11) is 0. The van der Waals surface area contributed by atoms with Crippen LogP contribution in [-0.2, 0) is 25.9 Å². The predicted octanol–water partition coefficient (Wildman–Crippen LogP) is 5.23. The third-order valence-electron chi connectivity index (χ3n) is 5.36. The average molecular weight is 423 g/mol. The van der Waals surface area contributed by atoms with Gasteiger partial charge in [-0.1, -0.05) is 31.0 Å². The first-order valence-electron chi connectivity index (χ1n) is 9.57. The molecule has 1 aliphatic rings. The van der Waals surface area contributed by atoms with Crippen molar-refractivity contribution in [3.8, 4) is 0 Å². The lowest BCUT2D eigenvalue weighted by atomic mass is 9.79. The molecular weight excluding hydrogens is 402 g/mol. The van der Waals surface area contributed by atoms with Gasteiger partial charge in [0.2, 0.25) is 0 Å². The van der Waals surface area contributed by atoms with Crippen molar-refractivity contribution in [2.75, 3.05) is 5.32 Å². The smallest absolute Gasteiger partial charge is 0.416 e. The second-order valence-corrected chi connectivity index (χ2v) is 7.41. The number of rotatable bonds is 5. The predicted molar refractivity (Wildman–Crippen MR) is 102 cm³/mol. The van der Waals surface area contributed by atoms with Crippen LogP contribution in [0.2, 0.25) is 0 Å². The first kappa shape index (κ1) is 21.8. The molecule has 30 heavy (non-hydrogen) atoms. The summed E-state index contributed by atoms with van der Waals surface area (Å²) in [5.74, 6) is -1.76. The highest BCUT2D eigenvalue weighted by Gasteiger charge is 2.45. The number of amides is 1. The van der Waals surface area contributed by atoms with E-state index in [9.17, 15) is 27.2 Å². The van der Waals surface area contributed by atoms with Crippen LogP contribution in [0.15, 0.2) is 48.5 Å². The summed E-state index contributed by atoms with van der Waals surface area (Å²) in [5, 5.41) is 2.34. The topological polar surface area (TPSA) is 55.4 Å². The van der Waals surface area contributed by atoms with Crippen LogP contribution in [-0.4, -0.2) is 18.0 Å². The number of nitrogens with one attached hydrogen (secondary N) is 1. The van der Waals surface area contributed by atoms with Gasteiger partial charge in [-0.25, -0.2) is 4.39 Å². The van der Waals surface area contributed by atoms with E-state index in [0.717, 1.165) is 25.0 Å². The van der Waals surface area contributed by atoms with Gasteiger partial charge < -0.3 is 10.1 Å². The minimum Gasteiger partial charge on any atom is -0.452 e. The van der Waals surface area contributed by atoms with Crippen LogP contribution in [0, 0.1) is 5.82 Å². The van der Waals surface area contributed by atoms with Gasteiger partial charge in [-0.05, 0) is 55.7 Å². The molecule has 0 heterocycles. The molecule has 0 radical (unpaired) electrons. The van der Waals surface area contributed by atoms with Crippen LogP contribution in [0.3, 0.4) is 0 Å². The molecule has 3 rings (SSSR count). The van der Waals surface area contributed by atoms with Crippen molar-refractivity contribution >= 4 is 17.6 Å². The van der Waals surface area contributed by atoms with Gasteiger partial charge in [0.15, 0.2) is 6.10 Å². The molecule has 0 aromatic heterocycles. The number of anilines is 1. The third kappa shape index (κ3) is 4.63. The Hall–Kier alpha value is -2.90. The molecule has 0 spiro atoms. The molecule has 2 aromatic rings. The van der Waals surface area contributed by atoms with Gasteiger partial charge in [-0.3, -0.25) is 9.59 Å². The molecule has 1 aliphatic carbocycles. The average Bonchev–Trinajstić information content (AvgIpc) is 3.19. The van der Waals surface area contributed by atoms with Gasteiger partial charge in [0.05, 0.1) is 11.0 Å². The van der Waals surface area contributed by atoms with Crippen molar-refractivity contribution in [3.63, 3.8) is 0 Å². The zero-order valence-electron chi connectivity index (χ0n) is 16.3. The lowest BCUT2D eigenvalue weighted by Crippen LogP contribution is -2.39. The summed E-state index contributed by atoms with van der Waals surface area (Å²) >= 11 is 0. The molecule has 1 fully saturated rings. The second kappa shape index (κ2) is 8.45. The van der Waals surface area contributed by atoms with Crippen molar-refractivity contribution in [1.29, 1.82) is 0 Å². The Balaban J connectivity index is 1.71. The van der Waals surface area contributed by atoms with Crippen molar-refractivity contribution < 1.29 is 31.9 Å². The number of hydrogen-bond acceptors (Lipinski definition) is 3. The number of halogens is 4. The first-order chi connectivity index (χ1) is 14.1. The summed E-state index contributed by atoms with van der Waals surface area (Å²) in [6.07, 6.45) is -3.15. The molecule has 1 atom stereocenters. The Labute approximate surface area is 171 Å². The number of carbonyl (C=O) groups excluding carboxylic acids is 2. The Morgan fingerprint density at radius 3 is 2.30 bits per heavy atom. The lowest BCUT2D eigenvalue weighted by Gasteiger charge is -2.28. The van der Waals surface area contributed by atoms with E-state index in [1.807, 2.05) is 0 Å². The maximum absolute atomic E-state index is 13.3. The zero-order chi connectivity index (χ0) is 21.9. The number of hydrogen-bond donors (Lipinski definition) is 1. The van der Waals surface area contributed by atoms with E-state index >= 15 is 0 Å². The molecule has 0 aliphatic heterocycles. The van der Waals surface area contributed by atoms with Gasteiger partial charge in [-0.15, -0.1) is 0 Å². The van der Waals surface area contributed by atoms with E-state index in [1.54, 1.807) is 0 Å². The van der Waals surface area contributed by atoms with Crippen LogP contribution in [0.1, 0.15) is 43.7 Å². The SMILES string of the molecule is C[C@@H](OC(=O)C1(c2ccc(F)cc2)CCCC1)C(=O)Nc1cccc(C(F)(F)F)c1. The number of carbonyl (C=O) groups is 2. The lowest BCUT2D eigenvalue weighted by molar-refractivity contribution is -0.159. The minimum absolute atomic E-state index is 0.0492. The van der Waals surface area contributed by atoms with Crippen LogP contribution in [0.4, 0.5) is 23.2 Å². The van der Waals surface area contributed by atoms with E-state index in [4.69, 9.17) is 4.74 Å². The van der Waals surface area contributed by atoms with Gasteiger partial charge in [-0.2, -0.15) is 13.2 Å². The summed E-state index contributed by atoms with van der Waals surface area (Å²) < 4.78 is 57.2. The Morgan fingerprint density at radius 1 is 1.07 bits per heavy atom. The fourth-order valence-corrected chi connectivity index (χ4v) is 3.70. The fraction of sp³-hybridized carbons (Fsp3) is 0.364. The Kier molecular flexibility index (Phi) is 6.14. The molecule has 0 saturated heterocycles. The minimum atomic E-state index is -4.54. The van der Waals surface area contributed by atoms with Crippen LogP contribution >= 0.6 is 0 Å². The fourth-order valence-electron chi connectivity index (χ4n) is 3.70. The van der Waals surface area contributed by atoms with Crippen molar-refractivity contribution in [3.05, 3.63) is 65.5 Å². The maximum atomic E-state index is 13.3. The first-order valence-corrected chi connectivity index (χ1v) is 9.57. The Morgan fingerprint density at radius 2 is 1.70 bits per heavy atom. The maximum Gasteiger partial charge on any atom is 0.416 e. The largest absolute Gasteiger partial charge is 0.452 e. The molecule has 1 saturated carbocycles. The molecular formula is C22H21F4NO3. The third-order valence-corrected chi connectivity index (χ3v) is 5.36. The van der Waals surface area contributed by atoms with Crippen LogP contribution in [0.5, 0.6) is 0 Å². The highest BCUT2D eigenvalue weighted by Crippen LogP contribution is 2.42. The van der Waals surface area contributed by atoms with Crippen LogP contribution < -0.4 is 5.32 Å². The highest BCUT2D eigenvalue weighted by atomic mass is 19.4. The molecule has 8 heteroatoms. The molecule has 160 valence electrons. The monoisotopic (exact) mass is 423 g/mol. The molecule has 2 aromatic carbocycles. The van der Waals surface area contributed by atoms with E-state index < -0.39 is 41.0 Å². The molecule has 0 bridgehead atoms. The summed E-state index contributed by atoms with van der Waals surface area (Å²) in [6.45, 7) is 1.36. The summed E-state index contributed by atoms with van der Waals surface area (Å²) in [5.41, 5.74) is -1.28. The van der Waals surface area contributed by atoms with E-state index in [-0.39, 0.29) is 5.69 Å². The number of alkyl halides is 3. The van der Waals surface area contributed by atoms with E-state index in [2.05, 4.69) is 5.32 Å². The van der Waals surface area contributed by atoms with E-state index in [1.165, 1.54) is 43.3 Å². The van der Waals surface area contributed by atoms with Crippen molar-refractivity contribution in [2.45, 2.75) is 50.3 Å². The van der Waals surface area contributed by atoms with Crippen LogP contribution in [0.25, 0.3) is 0 Å². The molecule has 1 N–H and O–H groups in total.